The van der Waals surface area contributed by atoms with Crippen molar-refractivity contribution in [2.24, 2.45) is 0 Å². The third-order valence-corrected chi connectivity index (χ3v) is 6.96. The van der Waals surface area contributed by atoms with Crippen molar-refractivity contribution in [1.29, 1.82) is 0 Å². The van der Waals surface area contributed by atoms with Gasteiger partial charge >= 0.3 is 6.03 Å². The molecule has 0 bridgehead atoms. The van der Waals surface area contributed by atoms with Gasteiger partial charge in [-0.2, -0.15) is 5.10 Å². The summed E-state index contributed by atoms with van der Waals surface area (Å²) < 4.78 is 7.91. The Balaban J connectivity index is 1.37. The Morgan fingerprint density at radius 2 is 1.68 bits per heavy atom. The van der Waals surface area contributed by atoms with E-state index in [0.717, 1.165) is 45.4 Å². The Labute approximate surface area is 240 Å². The molecule has 5 aromatic rings. The number of aromatic nitrogens is 3. The first-order chi connectivity index (χ1) is 19.6. The third-order valence-electron chi connectivity index (χ3n) is 6.96. The summed E-state index contributed by atoms with van der Waals surface area (Å²) in [6, 6.07) is 25.0. The minimum absolute atomic E-state index is 0.186. The molecule has 0 unspecified atom stereocenters. The highest BCUT2D eigenvalue weighted by molar-refractivity contribution is 6.07. The maximum absolute atomic E-state index is 13.3. The number of urea groups is 1. The molecule has 2 heterocycles. The van der Waals surface area contributed by atoms with Gasteiger partial charge in [-0.05, 0) is 49.2 Å². The number of fused-ring (bicyclic) bond motifs is 1. The maximum Gasteiger partial charge on any atom is 0.324 e. The highest BCUT2D eigenvalue weighted by Gasteiger charge is 2.22. The molecule has 41 heavy (non-hydrogen) atoms. The fraction of sp³-hybridized carbons (Fsp3) is 0.242. The summed E-state index contributed by atoms with van der Waals surface area (Å²) in [6.45, 7) is 10.7. The Kier molecular flexibility index (Phi) is 7.66. The van der Waals surface area contributed by atoms with Gasteiger partial charge in [-0.3, -0.25) is 5.32 Å². The van der Waals surface area contributed by atoms with E-state index in [4.69, 9.17) is 15.6 Å². The van der Waals surface area contributed by atoms with Crippen LogP contribution in [0.1, 0.15) is 50.2 Å². The molecule has 2 aromatic heterocycles. The zero-order valence-electron chi connectivity index (χ0n) is 24.2. The van der Waals surface area contributed by atoms with Gasteiger partial charge in [0.05, 0.1) is 22.8 Å². The van der Waals surface area contributed by atoms with Gasteiger partial charge < -0.3 is 15.8 Å². The molecule has 5 rings (SSSR count). The van der Waals surface area contributed by atoms with Crippen molar-refractivity contribution >= 4 is 34.1 Å². The zero-order valence-corrected chi connectivity index (χ0v) is 24.2. The van der Waals surface area contributed by atoms with Crippen molar-refractivity contribution in [2.75, 3.05) is 16.4 Å². The Morgan fingerprint density at radius 1 is 0.951 bits per heavy atom. The van der Waals surface area contributed by atoms with Crippen molar-refractivity contribution in [3.8, 4) is 11.4 Å². The molecule has 0 saturated heterocycles. The number of hydrogen-bond donors (Lipinski definition) is 3. The van der Waals surface area contributed by atoms with E-state index < -0.39 is 0 Å². The standard InChI is InChI=1S/C33H36N6O2/c1-6-22-13-14-23(35-31(22)34)20-41-28-18-17-27(25-9-7-8-10-26(25)28)36-32(40)37-30-19-29(33(3,4)5)38-39(30)24-15-11-21(2)12-16-24/h7-19H,6,20H2,1-5H3,(H2,34,35)(H2,36,37,40). The van der Waals surface area contributed by atoms with Crippen LogP contribution in [-0.4, -0.2) is 20.8 Å². The summed E-state index contributed by atoms with van der Waals surface area (Å²) >= 11 is 0. The molecule has 0 spiro atoms. The number of aryl methyl sites for hydroxylation is 2. The van der Waals surface area contributed by atoms with Crippen LogP contribution in [0.3, 0.4) is 0 Å². The summed E-state index contributed by atoms with van der Waals surface area (Å²) in [5, 5.41) is 12.6. The highest BCUT2D eigenvalue weighted by atomic mass is 16.5. The SMILES string of the molecule is CCc1ccc(COc2ccc(NC(=O)Nc3cc(C(C)(C)C)nn3-c3ccc(C)cc3)c3ccccc23)nc1N. The summed E-state index contributed by atoms with van der Waals surface area (Å²) in [7, 11) is 0. The zero-order chi connectivity index (χ0) is 29.1. The van der Waals surface area contributed by atoms with Crippen molar-refractivity contribution in [1.82, 2.24) is 14.8 Å². The van der Waals surface area contributed by atoms with Crippen LogP contribution in [0.4, 0.5) is 22.1 Å². The summed E-state index contributed by atoms with van der Waals surface area (Å²) in [5.74, 6) is 1.81. The lowest BCUT2D eigenvalue weighted by Crippen LogP contribution is -2.21. The first kappa shape index (κ1) is 27.7. The van der Waals surface area contributed by atoms with Gasteiger partial charge in [-0.25, -0.2) is 14.5 Å². The minimum Gasteiger partial charge on any atom is -0.487 e. The van der Waals surface area contributed by atoms with Gasteiger partial charge in [-0.15, -0.1) is 0 Å². The van der Waals surface area contributed by atoms with E-state index in [-0.39, 0.29) is 18.1 Å². The lowest BCUT2D eigenvalue weighted by atomic mass is 9.92. The Bertz CT molecular complexity index is 1700. The minimum atomic E-state index is -0.367. The first-order valence-corrected chi connectivity index (χ1v) is 13.8. The highest BCUT2D eigenvalue weighted by Crippen LogP contribution is 2.33. The van der Waals surface area contributed by atoms with E-state index in [1.165, 1.54) is 0 Å². The second kappa shape index (κ2) is 11.3. The number of nitrogen functional groups attached to an aromatic ring is 1. The van der Waals surface area contributed by atoms with Gasteiger partial charge in [-0.1, -0.05) is 75.7 Å². The number of anilines is 3. The average Bonchev–Trinajstić information content (AvgIpc) is 3.37. The van der Waals surface area contributed by atoms with Gasteiger partial charge in [0.15, 0.2) is 0 Å². The number of nitrogens with one attached hydrogen (secondary N) is 2. The van der Waals surface area contributed by atoms with Crippen LogP contribution < -0.4 is 21.1 Å². The number of benzene rings is 3. The summed E-state index contributed by atoms with van der Waals surface area (Å²) in [4.78, 5) is 17.8. The molecular formula is C33H36N6O2. The van der Waals surface area contributed by atoms with E-state index in [9.17, 15) is 4.79 Å². The monoisotopic (exact) mass is 548 g/mol. The topological polar surface area (TPSA) is 107 Å². The lowest BCUT2D eigenvalue weighted by Gasteiger charge is -2.14. The Morgan fingerprint density at radius 3 is 2.37 bits per heavy atom. The molecule has 0 fully saturated rings. The maximum atomic E-state index is 13.3. The van der Waals surface area contributed by atoms with Crippen molar-refractivity contribution in [2.45, 2.75) is 53.1 Å². The molecule has 210 valence electrons. The number of nitrogens with two attached hydrogens (primary N) is 1. The van der Waals surface area contributed by atoms with Gasteiger partial charge in [0, 0.05) is 22.3 Å². The number of pyridine rings is 1. The fourth-order valence-corrected chi connectivity index (χ4v) is 4.57. The van der Waals surface area contributed by atoms with E-state index in [1.54, 1.807) is 4.68 Å². The number of carbonyl (C=O) groups excluding carboxylic acids is 1. The third kappa shape index (κ3) is 6.17. The largest absolute Gasteiger partial charge is 0.487 e. The molecule has 4 N–H and O–H groups in total. The summed E-state index contributed by atoms with van der Waals surface area (Å²) in [5.41, 5.74) is 11.2. The predicted octanol–water partition coefficient (Wildman–Crippen LogP) is 7.39. The molecule has 0 aliphatic heterocycles. The number of hydrogen-bond acceptors (Lipinski definition) is 5. The average molecular weight is 549 g/mol. The van der Waals surface area contributed by atoms with Crippen LogP contribution in [-0.2, 0) is 18.4 Å². The van der Waals surface area contributed by atoms with Crippen molar-refractivity contribution < 1.29 is 9.53 Å². The molecule has 8 heteroatoms. The van der Waals surface area contributed by atoms with Crippen LogP contribution in [0, 0.1) is 6.92 Å². The number of ether oxygens (including phenoxy) is 1. The molecule has 0 saturated carbocycles. The van der Waals surface area contributed by atoms with Crippen molar-refractivity contribution in [3.63, 3.8) is 0 Å². The molecule has 0 atom stereocenters. The van der Waals surface area contributed by atoms with E-state index in [1.807, 2.05) is 92.7 Å². The number of nitrogens with zero attached hydrogens (tertiary/aromatic N) is 3. The second-order valence-corrected chi connectivity index (χ2v) is 11.1. The van der Waals surface area contributed by atoms with Gasteiger partial charge in [0.2, 0.25) is 0 Å². The second-order valence-electron chi connectivity index (χ2n) is 11.1. The van der Waals surface area contributed by atoms with E-state index >= 15 is 0 Å². The molecule has 3 aromatic carbocycles. The van der Waals surface area contributed by atoms with Crippen LogP contribution in [0.15, 0.2) is 78.9 Å². The molecular weight excluding hydrogens is 512 g/mol. The quantitative estimate of drug-likeness (QED) is 0.196. The fourth-order valence-electron chi connectivity index (χ4n) is 4.57. The first-order valence-electron chi connectivity index (χ1n) is 13.8. The van der Waals surface area contributed by atoms with Gasteiger partial charge in [0.25, 0.3) is 0 Å². The summed E-state index contributed by atoms with van der Waals surface area (Å²) in [6.07, 6.45) is 0.832. The van der Waals surface area contributed by atoms with E-state index in [0.29, 0.717) is 23.1 Å². The predicted molar refractivity (Wildman–Crippen MR) is 166 cm³/mol. The lowest BCUT2D eigenvalue weighted by molar-refractivity contribution is 0.262. The van der Waals surface area contributed by atoms with Crippen molar-refractivity contribution in [3.05, 3.63) is 101 Å². The Hall–Kier alpha value is -4.85. The molecule has 8 nitrogen and oxygen atoms in total. The smallest absolute Gasteiger partial charge is 0.324 e. The molecule has 0 aliphatic carbocycles. The molecule has 2 amide bonds. The van der Waals surface area contributed by atoms with Gasteiger partial charge in [0.1, 0.15) is 24.0 Å². The van der Waals surface area contributed by atoms with Crippen LogP contribution >= 0.6 is 0 Å². The number of amides is 2. The van der Waals surface area contributed by atoms with Crippen LogP contribution in [0.2, 0.25) is 0 Å². The van der Waals surface area contributed by atoms with E-state index in [2.05, 4.69) is 36.4 Å². The number of carbonyl (C=O) groups is 1. The molecule has 0 radical (unpaired) electrons. The normalized spacial score (nSPS) is 11.4. The number of rotatable bonds is 7. The molecule has 0 aliphatic rings. The van der Waals surface area contributed by atoms with Crippen LogP contribution in [0.25, 0.3) is 16.5 Å². The van der Waals surface area contributed by atoms with Crippen LogP contribution in [0.5, 0.6) is 5.75 Å².